The first-order chi connectivity index (χ1) is 13.7. The summed E-state index contributed by atoms with van der Waals surface area (Å²) in [6, 6.07) is 3.91. The van der Waals surface area contributed by atoms with Crippen LogP contribution in [0.3, 0.4) is 0 Å². The lowest BCUT2D eigenvalue weighted by molar-refractivity contribution is 0.0856. The lowest BCUT2D eigenvalue weighted by Gasteiger charge is -2.22. The number of amides is 2. The first-order valence-electron chi connectivity index (χ1n) is 9.88. The summed E-state index contributed by atoms with van der Waals surface area (Å²) in [6.45, 7) is 3.65. The molecule has 0 spiro atoms. The van der Waals surface area contributed by atoms with Crippen molar-refractivity contribution in [1.29, 1.82) is 0 Å². The summed E-state index contributed by atoms with van der Waals surface area (Å²) in [5.41, 5.74) is 2.86. The molecule has 2 fully saturated rings. The molecule has 1 atom stereocenters. The van der Waals surface area contributed by atoms with Crippen LogP contribution in [-0.2, 0) is 9.47 Å². The predicted octanol–water partition coefficient (Wildman–Crippen LogP) is 2.97. The van der Waals surface area contributed by atoms with Crippen LogP contribution < -0.4 is 10.1 Å². The molecular formula is C20H28N4O4. The first-order valence-corrected chi connectivity index (χ1v) is 9.88. The summed E-state index contributed by atoms with van der Waals surface area (Å²) in [5, 5.41) is 2.92. The summed E-state index contributed by atoms with van der Waals surface area (Å²) in [7, 11) is 3.34. The van der Waals surface area contributed by atoms with E-state index in [1.807, 2.05) is 11.0 Å². The second-order valence-electron chi connectivity index (χ2n) is 7.54. The van der Waals surface area contributed by atoms with E-state index in [0.29, 0.717) is 30.9 Å². The molecule has 0 saturated carbocycles. The quantitative estimate of drug-likeness (QED) is 0.822. The molecule has 1 aromatic carbocycles. The lowest BCUT2D eigenvalue weighted by Crippen LogP contribution is -2.33. The van der Waals surface area contributed by atoms with Gasteiger partial charge in [0.1, 0.15) is 11.3 Å². The number of imidazole rings is 1. The highest BCUT2D eigenvalue weighted by Crippen LogP contribution is 2.36. The van der Waals surface area contributed by atoms with Crippen molar-refractivity contribution < 1.29 is 19.0 Å². The average Bonchev–Trinajstić information content (AvgIpc) is 3.35. The number of methoxy groups -OCH3 is 2. The largest absolute Gasteiger partial charge is 0.494 e. The van der Waals surface area contributed by atoms with Gasteiger partial charge in [0, 0.05) is 39.3 Å². The van der Waals surface area contributed by atoms with Crippen LogP contribution in [0.4, 0.5) is 10.7 Å². The van der Waals surface area contributed by atoms with Crippen molar-refractivity contribution in [2.45, 2.75) is 25.2 Å². The maximum Gasteiger partial charge on any atom is 0.324 e. The Kier molecular flexibility index (Phi) is 5.68. The number of nitrogens with zero attached hydrogens (tertiary/aromatic N) is 2. The summed E-state index contributed by atoms with van der Waals surface area (Å²) in [5.74, 6) is 1.97. The summed E-state index contributed by atoms with van der Waals surface area (Å²) in [4.78, 5) is 22.4. The van der Waals surface area contributed by atoms with Gasteiger partial charge in [0.15, 0.2) is 0 Å². The van der Waals surface area contributed by atoms with E-state index in [2.05, 4.69) is 16.4 Å². The van der Waals surface area contributed by atoms with Gasteiger partial charge in [-0.25, -0.2) is 9.78 Å². The van der Waals surface area contributed by atoms with E-state index >= 15 is 0 Å². The number of H-pyrrole nitrogens is 1. The lowest BCUT2D eigenvalue weighted by atomic mass is 9.90. The second kappa shape index (κ2) is 8.36. The number of hydrogen-bond donors (Lipinski definition) is 2. The number of likely N-dealkylation sites (tertiary alicyclic amines) is 1. The molecular weight excluding hydrogens is 360 g/mol. The second-order valence-corrected chi connectivity index (χ2v) is 7.54. The fourth-order valence-corrected chi connectivity index (χ4v) is 4.22. The van der Waals surface area contributed by atoms with Gasteiger partial charge in [-0.15, -0.1) is 0 Å². The first kappa shape index (κ1) is 19.0. The third kappa shape index (κ3) is 3.79. The van der Waals surface area contributed by atoms with E-state index in [-0.39, 0.29) is 6.03 Å². The number of rotatable bonds is 5. The Balaban J connectivity index is 1.55. The zero-order valence-corrected chi connectivity index (χ0v) is 16.5. The molecule has 2 N–H and O–H groups in total. The molecule has 2 saturated heterocycles. The molecule has 8 nitrogen and oxygen atoms in total. The van der Waals surface area contributed by atoms with E-state index < -0.39 is 0 Å². The highest BCUT2D eigenvalue weighted by molar-refractivity contribution is 5.92. The van der Waals surface area contributed by atoms with Crippen LogP contribution >= 0.6 is 0 Å². The van der Waals surface area contributed by atoms with Gasteiger partial charge < -0.3 is 24.1 Å². The molecule has 2 amide bonds. The van der Waals surface area contributed by atoms with Crippen molar-refractivity contribution in [2.24, 2.45) is 5.92 Å². The molecule has 3 heterocycles. The van der Waals surface area contributed by atoms with Crippen molar-refractivity contribution in [3.8, 4) is 5.75 Å². The zero-order chi connectivity index (χ0) is 19.5. The number of hydrogen-bond acceptors (Lipinski definition) is 5. The maximum atomic E-state index is 12.6. The Morgan fingerprint density at radius 3 is 2.89 bits per heavy atom. The average molecular weight is 388 g/mol. The molecule has 0 aliphatic carbocycles. The summed E-state index contributed by atoms with van der Waals surface area (Å²) in [6.07, 6.45) is 2.92. The molecule has 2 aliphatic heterocycles. The van der Waals surface area contributed by atoms with Crippen LogP contribution in [0.5, 0.6) is 5.75 Å². The topological polar surface area (TPSA) is 88.7 Å². The van der Waals surface area contributed by atoms with Crippen molar-refractivity contribution in [1.82, 2.24) is 14.9 Å². The van der Waals surface area contributed by atoms with Gasteiger partial charge in [-0.3, -0.25) is 5.32 Å². The van der Waals surface area contributed by atoms with Crippen LogP contribution in [0.2, 0.25) is 0 Å². The van der Waals surface area contributed by atoms with E-state index in [1.54, 1.807) is 14.2 Å². The van der Waals surface area contributed by atoms with E-state index in [9.17, 15) is 4.79 Å². The van der Waals surface area contributed by atoms with Gasteiger partial charge >= 0.3 is 6.03 Å². The number of urea groups is 1. The molecule has 2 aliphatic rings. The van der Waals surface area contributed by atoms with Crippen LogP contribution in [0.1, 0.15) is 30.7 Å². The Labute approximate surface area is 164 Å². The number of aromatic nitrogens is 2. The number of ether oxygens (including phenoxy) is 3. The fraction of sp³-hybridized carbons (Fsp3) is 0.600. The van der Waals surface area contributed by atoms with Crippen molar-refractivity contribution >= 4 is 23.0 Å². The normalized spacial score (nSPS) is 20.6. The molecule has 2 aromatic rings. The van der Waals surface area contributed by atoms with Gasteiger partial charge in [-0.1, -0.05) is 6.07 Å². The SMILES string of the molecule is COCC1CCN(C(=O)Nc2nc3c(C4CCOCC4)ccc(OC)c3[nH]2)C1. The molecule has 1 unspecified atom stereocenters. The Morgan fingerprint density at radius 1 is 1.32 bits per heavy atom. The monoisotopic (exact) mass is 388 g/mol. The van der Waals surface area contributed by atoms with Crippen molar-refractivity contribution in [3.05, 3.63) is 17.7 Å². The van der Waals surface area contributed by atoms with E-state index in [1.165, 1.54) is 5.56 Å². The molecule has 1 aromatic heterocycles. The van der Waals surface area contributed by atoms with Crippen molar-refractivity contribution in [2.75, 3.05) is 52.4 Å². The van der Waals surface area contributed by atoms with Gasteiger partial charge in [0.25, 0.3) is 0 Å². The Bertz CT molecular complexity index is 831. The van der Waals surface area contributed by atoms with Crippen LogP contribution in [0, 0.1) is 5.92 Å². The van der Waals surface area contributed by atoms with E-state index in [4.69, 9.17) is 19.2 Å². The number of nitrogens with one attached hydrogen (secondary N) is 2. The van der Waals surface area contributed by atoms with Gasteiger partial charge in [0.05, 0.1) is 19.2 Å². The molecule has 4 rings (SSSR count). The number of anilines is 1. The zero-order valence-electron chi connectivity index (χ0n) is 16.5. The summed E-state index contributed by atoms with van der Waals surface area (Å²) >= 11 is 0. The molecule has 8 heteroatoms. The van der Waals surface area contributed by atoms with Crippen LogP contribution in [0.25, 0.3) is 11.0 Å². The van der Waals surface area contributed by atoms with Gasteiger partial charge in [-0.2, -0.15) is 0 Å². The van der Waals surface area contributed by atoms with Crippen LogP contribution in [0.15, 0.2) is 12.1 Å². The number of aromatic amines is 1. The number of carbonyl (C=O) groups excluding carboxylic acids is 1. The molecule has 28 heavy (non-hydrogen) atoms. The molecule has 0 bridgehead atoms. The molecule has 152 valence electrons. The number of carbonyl (C=O) groups is 1. The standard InChI is InChI=1S/C20H28N4O4/c1-26-12-13-5-8-24(11-13)20(25)23-19-21-17-15(14-6-9-28-10-7-14)3-4-16(27-2)18(17)22-19/h3-4,13-14H,5-12H2,1-2H3,(H2,21,22,23,25). The Morgan fingerprint density at radius 2 is 2.14 bits per heavy atom. The Hall–Kier alpha value is -2.32. The highest BCUT2D eigenvalue weighted by atomic mass is 16.5. The minimum absolute atomic E-state index is 0.135. The van der Waals surface area contributed by atoms with Gasteiger partial charge in [0.2, 0.25) is 5.95 Å². The van der Waals surface area contributed by atoms with Crippen molar-refractivity contribution in [3.63, 3.8) is 0 Å². The minimum atomic E-state index is -0.135. The fourth-order valence-electron chi connectivity index (χ4n) is 4.22. The van der Waals surface area contributed by atoms with Gasteiger partial charge in [-0.05, 0) is 36.8 Å². The highest BCUT2D eigenvalue weighted by Gasteiger charge is 2.27. The number of benzene rings is 1. The minimum Gasteiger partial charge on any atom is -0.494 e. The molecule has 0 radical (unpaired) electrons. The predicted molar refractivity (Wildman–Crippen MR) is 106 cm³/mol. The number of fused-ring (bicyclic) bond motifs is 1. The third-order valence-electron chi connectivity index (χ3n) is 5.72. The van der Waals surface area contributed by atoms with E-state index in [0.717, 1.165) is 55.8 Å². The maximum absolute atomic E-state index is 12.6. The third-order valence-corrected chi connectivity index (χ3v) is 5.72. The summed E-state index contributed by atoms with van der Waals surface area (Å²) < 4.78 is 16.2. The smallest absolute Gasteiger partial charge is 0.324 e. The van der Waals surface area contributed by atoms with Crippen LogP contribution in [-0.4, -0.2) is 68.0 Å².